The third-order valence-corrected chi connectivity index (χ3v) is 6.50. The van der Waals surface area contributed by atoms with Gasteiger partial charge in [0.05, 0.1) is 0 Å². The molecule has 2 aromatic rings. The summed E-state index contributed by atoms with van der Waals surface area (Å²) in [5.74, 6) is 0.880. The van der Waals surface area contributed by atoms with Gasteiger partial charge >= 0.3 is 0 Å². The van der Waals surface area contributed by atoms with Gasteiger partial charge in [0.15, 0.2) is 0 Å². The normalized spacial score (nSPS) is 11.5. The zero-order valence-electron chi connectivity index (χ0n) is 21.1. The molecule has 0 aliphatic carbocycles. The van der Waals surface area contributed by atoms with E-state index in [4.69, 9.17) is 0 Å². The van der Waals surface area contributed by atoms with Crippen LogP contribution in [0.25, 0.3) is 0 Å². The van der Waals surface area contributed by atoms with E-state index in [9.17, 15) is 0 Å². The molecule has 0 fully saturated rings. The quantitative estimate of drug-likeness (QED) is 0.199. The van der Waals surface area contributed by atoms with Crippen molar-refractivity contribution >= 4 is 0 Å². The second kappa shape index (κ2) is 17.9. The largest absolute Gasteiger partial charge is 0.295 e. The Morgan fingerprint density at radius 2 is 0.875 bits per heavy atom. The molecule has 1 nitrogen and oxygen atoms in total. The number of benzene rings is 2. The van der Waals surface area contributed by atoms with Gasteiger partial charge in [0.25, 0.3) is 0 Å². The van der Waals surface area contributed by atoms with Gasteiger partial charge in [0.2, 0.25) is 0 Å². The van der Waals surface area contributed by atoms with E-state index in [1.165, 1.54) is 101 Å². The maximum atomic E-state index is 2.62. The molecular weight excluding hydrogens is 386 g/mol. The van der Waals surface area contributed by atoms with Crippen molar-refractivity contribution in [2.75, 3.05) is 6.54 Å². The molecular formula is C31H49N. The highest BCUT2D eigenvalue weighted by Gasteiger charge is 2.07. The Labute approximate surface area is 199 Å². The van der Waals surface area contributed by atoms with E-state index >= 15 is 0 Å². The molecule has 1 heteroatoms. The Balaban J connectivity index is 1.50. The van der Waals surface area contributed by atoms with Gasteiger partial charge in [0, 0.05) is 13.1 Å². The summed E-state index contributed by atoms with van der Waals surface area (Å²) in [6.07, 6.45) is 18.5. The maximum Gasteiger partial charge on any atom is 0.0237 e. The fourth-order valence-corrected chi connectivity index (χ4v) is 4.55. The van der Waals surface area contributed by atoms with E-state index in [1.54, 1.807) is 0 Å². The molecule has 2 rings (SSSR count). The molecule has 178 valence electrons. The lowest BCUT2D eigenvalue weighted by Crippen LogP contribution is -2.24. The first-order chi connectivity index (χ1) is 15.7. The second-order valence-electron chi connectivity index (χ2n) is 10.1. The zero-order chi connectivity index (χ0) is 22.7. The minimum atomic E-state index is 0.880. The van der Waals surface area contributed by atoms with Gasteiger partial charge in [-0.2, -0.15) is 0 Å². The molecule has 2 aromatic carbocycles. The van der Waals surface area contributed by atoms with Crippen molar-refractivity contribution in [1.29, 1.82) is 0 Å². The van der Waals surface area contributed by atoms with Gasteiger partial charge in [-0.3, -0.25) is 4.90 Å². The second-order valence-corrected chi connectivity index (χ2v) is 10.1. The fourth-order valence-electron chi connectivity index (χ4n) is 4.55. The van der Waals surface area contributed by atoms with E-state index in [0.29, 0.717) is 0 Å². The Morgan fingerprint density at radius 1 is 0.500 bits per heavy atom. The van der Waals surface area contributed by atoms with Crippen molar-refractivity contribution in [3.8, 4) is 0 Å². The molecule has 0 unspecified atom stereocenters. The zero-order valence-corrected chi connectivity index (χ0v) is 21.1. The maximum absolute atomic E-state index is 2.62. The third kappa shape index (κ3) is 13.7. The molecule has 0 saturated carbocycles. The van der Waals surface area contributed by atoms with Gasteiger partial charge < -0.3 is 0 Å². The van der Waals surface area contributed by atoms with Crippen molar-refractivity contribution in [3.05, 3.63) is 71.8 Å². The van der Waals surface area contributed by atoms with Crippen LogP contribution in [0.1, 0.15) is 108 Å². The first-order valence-electron chi connectivity index (χ1n) is 13.5. The van der Waals surface area contributed by atoms with Crippen LogP contribution in [0, 0.1) is 5.92 Å². The van der Waals surface area contributed by atoms with Crippen LogP contribution in [0.4, 0.5) is 0 Å². The summed E-state index contributed by atoms with van der Waals surface area (Å²) in [4.78, 5) is 2.62. The molecule has 0 N–H and O–H groups in total. The van der Waals surface area contributed by atoms with Crippen LogP contribution in [0.2, 0.25) is 0 Å². The predicted molar refractivity (Wildman–Crippen MR) is 142 cm³/mol. The van der Waals surface area contributed by atoms with Crippen LogP contribution in [0.3, 0.4) is 0 Å². The number of rotatable bonds is 19. The third-order valence-electron chi connectivity index (χ3n) is 6.50. The predicted octanol–water partition coefficient (Wildman–Crippen LogP) is 9.42. The number of hydrogen-bond donors (Lipinski definition) is 0. The summed E-state index contributed by atoms with van der Waals surface area (Å²) in [5, 5.41) is 0. The molecule has 0 aromatic heterocycles. The molecule has 32 heavy (non-hydrogen) atoms. The van der Waals surface area contributed by atoms with Crippen molar-refractivity contribution < 1.29 is 0 Å². The number of unbranched alkanes of at least 4 members (excludes halogenated alkanes) is 11. The average Bonchev–Trinajstić information content (AvgIpc) is 2.80. The van der Waals surface area contributed by atoms with Crippen molar-refractivity contribution in [2.45, 2.75) is 110 Å². The summed E-state index contributed by atoms with van der Waals surface area (Å²) in [5.41, 5.74) is 2.84. The average molecular weight is 436 g/mol. The van der Waals surface area contributed by atoms with Gasteiger partial charge in [-0.05, 0) is 30.0 Å². The first-order valence-corrected chi connectivity index (χ1v) is 13.5. The lowest BCUT2D eigenvalue weighted by atomic mass is 10.0. The summed E-state index contributed by atoms with van der Waals surface area (Å²) in [6.45, 7) is 7.97. The van der Waals surface area contributed by atoms with E-state index < -0.39 is 0 Å². The van der Waals surface area contributed by atoms with Crippen molar-refractivity contribution in [1.82, 2.24) is 4.90 Å². The minimum Gasteiger partial charge on any atom is -0.295 e. The highest BCUT2D eigenvalue weighted by Crippen LogP contribution is 2.15. The highest BCUT2D eigenvalue weighted by atomic mass is 15.1. The molecule has 0 amide bonds. The molecule has 0 bridgehead atoms. The molecule has 0 atom stereocenters. The Bertz CT molecular complexity index is 607. The Hall–Kier alpha value is -1.60. The lowest BCUT2D eigenvalue weighted by Gasteiger charge is -2.22. The van der Waals surface area contributed by atoms with Gasteiger partial charge in [-0.1, -0.05) is 152 Å². The highest BCUT2D eigenvalue weighted by molar-refractivity contribution is 5.17. The Morgan fingerprint density at radius 3 is 1.28 bits per heavy atom. The molecule has 0 saturated heterocycles. The van der Waals surface area contributed by atoms with Gasteiger partial charge in [-0.15, -0.1) is 0 Å². The fraction of sp³-hybridized carbons (Fsp3) is 0.613. The van der Waals surface area contributed by atoms with E-state index in [0.717, 1.165) is 19.0 Å². The van der Waals surface area contributed by atoms with E-state index in [2.05, 4.69) is 79.4 Å². The van der Waals surface area contributed by atoms with E-state index in [1.807, 2.05) is 0 Å². The van der Waals surface area contributed by atoms with Crippen LogP contribution in [0.5, 0.6) is 0 Å². The van der Waals surface area contributed by atoms with Crippen molar-refractivity contribution in [3.63, 3.8) is 0 Å². The minimum absolute atomic E-state index is 0.880. The van der Waals surface area contributed by atoms with Crippen LogP contribution >= 0.6 is 0 Å². The van der Waals surface area contributed by atoms with Crippen LogP contribution in [-0.4, -0.2) is 11.4 Å². The van der Waals surface area contributed by atoms with Gasteiger partial charge in [0.1, 0.15) is 0 Å². The van der Waals surface area contributed by atoms with E-state index in [-0.39, 0.29) is 0 Å². The monoisotopic (exact) mass is 435 g/mol. The molecule has 0 heterocycles. The Kier molecular flexibility index (Phi) is 14.9. The molecule has 0 spiro atoms. The summed E-state index contributed by atoms with van der Waals surface area (Å²) in [6, 6.07) is 21.9. The van der Waals surface area contributed by atoms with Crippen LogP contribution in [0.15, 0.2) is 60.7 Å². The SMILES string of the molecule is CC(C)CCCCCCCCCCCCCCN(Cc1ccccc1)Cc1ccccc1. The standard InChI is InChI=1S/C31H49N/c1-29(2)21-15-11-9-7-5-3-4-6-8-10-12-20-26-32(27-30-22-16-13-17-23-30)28-31-24-18-14-19-25-31/h13-14,16-19,22-25,29H,3-12,15,20-21,26-28H2,1-2H3. The number of nitrogens with zero attached hydrogens (tertiary/aromatic N) is 1. The number of hydrogen-bond acceptors (Lipinski definition) is 1. The summed E-state index contributed by atoms with van der Waals surface area (Å²) >= 11 is 0. The topological polar surface area (TPSA) is 3.24 Å². The first kappa shape index (κ1) is 26.7. The van der Waals surface area contributed by atoms with Crippen LogP contribution < -0.4 is 0 Å². The molecule has 0 aliphatic rings. The van der Waals surface area contributed by atoms with Gasteiger partial charge in [-0.25, -0.2) is 0 Å². The molecule has 0 aliphatic heterocycles. The summed E-state index contributed by atoms with van der Waals surface area (Å²) in [7, 11) is 0. The van der Waals surface area contributed by atoms with Crippen molar-refractivity contribution in [2.24, 2.45) is 5.92 Å². The van der Waals surface area contributed by atoms with Crippen LogP contribution in [-0.2, 0) is 13.1 Å². The summed E-state index contributed by atoms with van der Waals surface area (Å²) < 4.78 is 0. The molecule has 0 radical (unpaired) electrons. The smallest absolute Gasteiger partial charge is 0.0237 e. The lowest BCUT2D eigenvalue weighted by molar-refractivity contribution is 0.250.